The van der Waals surface area contributed by atoms with Gasteiger partial charge in [-0.15, -0.1) is 5.10 Å². The number of fused-ring (bicyclic) bond motifs is 1. The summed E-state index contributed by atoms with van der Waals surface area (Å²) in [6, 6.07) is 17.5. The second kappa shape index (κ2) is 7.23. The van der Waals surface area contributed by atoms with E-state index in [4.69, 9.17) is 0 Å². The van der Waals surface area contributed by atoms with E-state index in [2.05, 4.69) is 40.3 Å². The van der Waals surface area contributed by atoms with Crippen LogP contribution in [0, 0.1) is 6.92 Å². The van der Waals surface area contributed by atoms with Crippen LogP contribution in [0.5, 0.6) is 0 Å². The van der Waals surface area contributed by atoms with Crippen molar-refractivity contribution in [1.29, 1.82) is 0 Å². The van der Waals surface area contributed by atoms with Crippen LogP contribution in [0.25, 0.3) is 16.6 Å². The van der Waals surface area contributed by atoms with Crippen LogP contribution < -0.4 is 5.32 Å². The van der Waals surface area contributed by atoms with Crippen molar-refractivity contribution in [3.8, 4) is 5.69 Å². The van der Waals surface area contributed by atoms with Gasteiger partial charge < -0.3 is 5.32 Å². The summed E-state index contributed by atoms with van der Waals surface area (Å²) in [7, 11) is 0. The van der Waals surface area contributed by atoms with E-state index in [1.807, 2.05) is 55.5 Å². The van der Waals surface area contributed by atoms with Gasteiger partial charge in [0.05, 0.1) is 16.9 Å². The molecular formula is C22H21N5O. The molecule has 0 aliphatic heterocycles. The molecule has 0 bridgehead atoms. The normalized spacial score (nSPS) is 11.1. The number of hydrogen-bond acceptors (Lipinski definition) is 4. The average Bonchev–Trinajstić information content (AvgIpc) is 3.10. The summed E-state index contributed by atoms with van der Waals surface area (Å²) in [6.07, 6.45) is 1.71. The number of aryl methyl sites for hydroxylation is 1. The fraction of sp³-hybridized carbons (Fsp3) is 0.182. The van der Waals surface area contributed by atoms with Crippen LogP contribution in [0.15, 0.2) is 60.8 Å². The summed E-state index contributed by atoms with van der Waals surface area (Å²) in [6.45, 7) is 6.11. The minimum Gasteiger partial charge on any atom is -0.317 e. The van der Waals surface area contributed by atoms with Crippen LogP contribution >= 0.6 is 0 Å². The van der Waals surface area contributed by atoms with E-state index in [0.29, 0.717) is 17.4 Å². The van der Waals surface area contributed by atoms with E-state index in [1.54, 1.807) is 10.9 Å². The van der Waals surface area contributed by atoms with Crippen LogP contribution in [-0.4, -0.2) is 25.7 Å². The fourth-order valence-corrected chi connectivity index (χ4v) is 3.27. The fourth-order valence-electron chi connectivity index (χ4n) is 3.27. The van der Waals surface area contributed by atoms with Crippen molar-refractivity contribution in [3.05, 3.63) is 78.0 Å². The molecule has 6 heteroatoms. The predicted molar refractivity (Wildman–Crippen MR) is 110 cm³/mol. The van der Waals surface area contributed by atoms with Crippen LogP contribution in [0.2, 0.25) is 0 Å². The predicted octanol–water partition coefficient (Wildman–Crippen LogP) is 4.50. The summed E-state index contributed by atoms with van der Waals surface area (Å²) in [4.78, 5) is 21.5. The van der Waals surface area contributed by atoms with E-state index in [0.717, 1.165) is 22.2 Å². The molecule has 1 N–H and O–H groups in total. The van der Waals surface area contributed by atoms with Crippen molar-refractivity contribution < 1.29 is 4.79 Å². The third-order valence-electron chi connectivity index (χ3n) is 4.64. The van der Waals surface area contributed by atoms with Gasteiger partial charge in [-0.1, -0.05) is 50.2 Å². The number of nitrogens with zero attached hydrogens (tertiary/aromatic N) is 4. The molecule has 1 amide bonds. The Labute approximate surface area is 163 Å². The Kier molecular flexibility index (Phi) is 4.61. The number of amides is 1. The van der Waals surface area contributed by atoms with E-state index >= 15 is 0 Å². The third kappa shape index (κ3) is 3.24. The number of anilines is 1. The highest BCUT2D eigenvalue weighted by molar-refractivity contribution is 6.06. The van der Waals surface area contributed by atoms with Crippen molar-refractivity contribution in [2.45, 2.75) is 26.7 Å². The van der Waals surface area contributed by atoms with Gasteiger partial charge >= 0.3 is 0 Å². The average molecular weight is 371 g/mol. The molecule has 0 aliphatic carbocycles. The molecule has 6 nitrogen and oxygen atoms in total. The van der Waals surface area contributed by atoms with E-state index in [-0.39, 0.29) is 11.7 Å². The number of benzene rings is 2. The number of pyridine rings is 1. The van der Waals surface area contributed by atoms with Crippen molar-refractivity contribution in [1.82, 2.24) is 19.7 Å². The Morgan fingerprint density at radius 1 is 1.04 bits per heavy atom. The highest BCUT2D eigenvalue weighted by Crippen LogP contribution is 2.24. The molecule has 2 aromatic heterocycles. The maximum absolute atomic E-state index is 12.8. The van der Waals surface area contributed by atoms with Gasteiger partial charge in [0.15, 0.2) is 0 Å². The molecule has 0 saturated heterocycles. The van der Waals surface area contributed by atoms with Gasteiger partial charge in [0.2, 0.25) is 5.82 Å². The SMILES string of the molecule is Cc1nc(C(=O)Nc2cccc3cccnc23)nn1-c1ccccc1C(C)C. The van der Waals surface area contributed by atoms with Gasteiger partial charge in [-0.3, -0.25) is 9.78 Å². The summed E-state index contributed by atoms with van der Waals surface area (Å²) in [5, 5.41) is 8.32. The quantitative estimate of drug-likeness (QED) is 0.573. The van der Waals surface area contributed by atoms with Crippen LogP contribution in [-0.2, 0) is 0 Å². The molecule has 140 valence electrons. The van der Waals surface area contributed by atoms with Gasteiger partial charge in [0.1, 0.15) is 5.82 Å². The Morgan fingerprint density at radius 3 is 2.64 bits per heavy atom. The number of rotatable bonds is 4. The van der Waals surface area contributed by atoms with Crippen molar-refractivity contribution >= 4 is 22.5 Å². The summed E-state index contributed by atoms with van der Waals surface area (Å²) >= 11 is 0. The number of para-hydroxylation sites is 2. The van der Waals surface area contributed by atoms with E-state index in [9.17, 15) is 4.79 Å². The van der Waals surface area contributed by atoms with E-state index in [1.165, 1.54) is 0 Å². The molecule has 28 heavy (non-hydrogen) atoms. The largest absolute Gasteiger partial charge is 0.317 e. The minimum atomic E-state index is -0.359. The highest BCUT2D eigenvalue weighted by Gasteiger charge is 2.18. The van der Waals surface area contributed by atoms with Crippen LogP contribution in [0.4, 0.5) is 5.69 Å². The molecule has 0 aliphatic rings. The molecule has 0 unspecified atom stereocenters. The lowest BCUT2D eigenvalue weighted by molar-refractivity contribution is 0.101. The second-order valence-corrected chi connectivity index (χ2v) is 6.94. The standard InChI is InChI=1S/C22H21N5O/c1-14(2)17-10-4-5-12-19(17)27-15(3)24-21(26-27)22(28)25-18-11-6-8-16-9-7-13-23-20(16)18/h4-14H,1-3H3,(H,25,28). The number of aromatic nitrogens is 4. The maximum Gasteiger partial charge on any atom is 0.295 e. The lowest BCUT2D eigenvalue weighted by Crippen LogP contribution is -2.15. The Balaban J connectivity index is 1.68. The van der Waals surface area contributed by atoms with Crippen molar-refractivity contribution in [2.75, 3.05) is 5.32 Å². The zero-order chi connectivity index (χ0) is 19.7. The molecule has 4 rings (SSSR count). The Hall–Kier alpha value is -3.54. The molecule has 0 spiro atoms. The maximum atomic E-state index is 12.8. The van der Waals surface area contributed by atoms with Gasteiger partial charge in [0, 0.05) is 11.6 Å². The lowest BCUT2D eigenvalue weighted by Gasteiger charge is -2.12. The summed E-state index contributed by atoms with van der Waals surface area (Å²) < 4.78 is 1.73. The first-order chi connectivity index (χ1) is 13.5. The number of carbonyl (C=O) groups excluding carboxylic acids is 1. The van der Waals surface area contributed by atoms with Gasteiger partial charge in [-0.25, -0.2) is 9.67 Å². The number of hydrogen-bond donors (Lipinski definition) is 1. The first kappa shape index (κ1) is 17.9. The number of carbonyl (C=O) groups is 1. The minimum absolute atomic E-state index is 0.129. The van der Waals surface area contributed by atoms with Crippen molar-refractivity contribution in [3.63, 3.8) is 0 Å². The van der Waals surface area contributed by atoms with Gasteiger partial charge in [-0.2, -0.15) is 0 Å². The molecule has 2 aromatic carbocycles. The Bertz CT molecular complexity index is 1160. The molecule has 0 radical (unpaired) electrons. The molecule has 0 saturated carbocycles. The number of nitrogens with one attached hydrogen (secondary N) is 1. The third-order valence-corrected chi connectivity index (χ3v) is 4.64. The van der Waals surface area contributed by atoms with Gasteiger partial charge in [-0.05, 0) is 36.6 Å². The smallest absolute Gasteiger partial charge is 0.295 e. The zero-order valence-corrected chi connectivity index (χ0v) is 16.0. The van der Waals surface area contributed by atoms with E-state index < -0.39 is 0 Å². The summed E-state index contributed by atoms with van der Waals surface area (Å²) in [5.74, 6) is 0.763. The molecule has 0 atom stereocenters. The highest BCUT2D eigenvalue weighted by atomic mass is 16.2. The Morgan fingerprint density at radius 2 is 1.82 bits per heavy atom. The van der Waals surface area contributed by atoms with Crippen LogP contribution in [0.1, 0.15) is 41.8 Å². The van der Waals surface area contributed by atoms with Gasteiger partial charge in [0.25, 0.3) is 5.91 Å². The molecular weight excluding hydrogens is 350 g/mol. The van der Waals surface area contributed by atoms with Crippen LogP contribution in [0.3, 0.4) is 0 Å². The van der Waals surface area contributed by atoms with Crippen molar-refractivity contribution in [2.24, 2.45) is 0 Å². The lowest BCUT2D eigenvalue weighted by atomic mass is 10.0. The summed E-state index contributed by atoms with van der Waals surface area (Å²) in [5.41, 5.74) is 3.47. The first-order valence-electron chi connectivity index (χ1n) is 9.22. The first-order valence-corrected chi connectivity index (χ1v) is 9.22. The zero-order valence-electron chi connectivity index (χ0n) is 16.0. The molecule has 0 fully saturated rings. The molecule has 2 heterocycles. The molecule has 4 aromatic rings. The second-order valence-electron chi connectivity index (χ2n) is 6.94. The topological polar surface area (TPSA) is 72.7 Å². The monoisotopic (exact) mass is 371 g/mol.